The summed E-state index contributed by atoms with van der Waals surface area (Å²) in [5, 5.41) is 13.8. The third-order valence-electron chi connectivity index (χ3n) is 3.64. The number of carbonyl (C=O) groups excluding carboxylic acids is 1. The lowest BCUT2D eigenvalue weighted by Gasteiger charge is -2.07. The third kappa shape index (κ3) is 3.71. The number of pyridine rings is 1. The van der Waals surface area contributed by atoms with E-state index in [2.05, 4.69) is 27.4 Å². The van der Waals surface area contributed by atoms with E-state index >= 15 is 0 Å². The molecule has 0 spiro atoms. The number of aryl methyl sites for hydroxylation is 2. The molecule has 24 heavy (non-hydrogen) atoms. The lowest BCUT2D eigenvalue weighted by atomic mass is 10.1. The molecule has 3 aromatic rings. The first-order valence-corrected chi connectivity index (χ1v) is 8.97. The Balaban J connectivity index is 1.82. The van der Waals surface area contributed by atoms with Crippen molar-refractivity contribution in [3.63, 3.8) is 0 Å². The molecule has 2 heterocycles. The summed E-state index contributed by atoms with van der Waals surface area (Å²) in [5.41, 5.74) is 1.99. The fourth-order valence-corrected chi connectivity index (χ4v) is 3.33. The Morgan fingerprint density at radius 2 is 2.12 bits per heavy atom. The molecule has 1 N–H and O–H groups in total. The number of unbranched alkanes of at least 4 members (excludes halogenated alkanes) is 1. The first-order valence-electron chi connectivity index (χ1n) is 7.77. The second-order valence-corrected chi connectivity index (χ2v) is 7.02. The zero-order chi connectivity index (χ0) is 17.1. The van der Waals surface area contributed by atoms with Crippen molar-refractivity contribution in [2.75, 3.05) is 5.32 Å². The van der Waals surface area contributed by atoms with E-state index < -0.39 is 0 Å². The third-order valence-corrected chi connectivity index (χ3v) is 4.78. The molecular formula is C17H17ClN4OS. The molecule has 124 valence electrons. The summed E-state index contributed by atoms with van der Waals surface area (Å²) in [6, 6.07) is 7.23. The van der Waals surface area contributed by atoms with Crippen molar-refractivity contribution in [3.05, 3.63) is 45.6 Å². The van der Waals surface area contributed by atoms with Crippen LogP contribution in [0.4, 0.5) is 5.13 Å². The number of carbonyl (C=O) groups is 1. The van der Waals surface area contributed by atoms with Gasteiger partial charge in [0.05, 0.1) is 16.8 Å². The van der Waals surface area contributed by atoms with Crippen LogP contribution in [0.3, 0.4) is 0 Å². The molecule has 0 unspecified atom stereocenters. The zero-order valence-electron chi connectivity index (χ0n) is 13.5. The van der Waals surface area contributed by atoms with Gasteiger partial charge >= 0.3 is 0 Å². The van der Waals surface area contributed by atoms with Gasteiger partial charge in [0.2, 0.25) is 5.13 Å². The Morgan fingerprint density at radius 1 is 1.29 bits per heavy atom. The van der Waals surface area contributed by atoms with Crippen molar-refractivity contribution in [1.29, 1.82) is 0 Å². The molecule has 0 saturated carbocycles. The standard InChI is InChI=1S/C17H17ClN4OS/c1-3-4-5-15-21-22-17(24-15)20-16(23)13-9-11-8-12(18)6-7-14(11)19-10(13)2/h6-9H,3-5H2,1-2H3,(H,20,22,23). The molecule has 0 aliphatic rings. The van der Waals surface area contributed by atoms with Crippen LogP contribution >= 0.6 is 22.9 Å². The summed E-state index contributed by atoms with van der Waals surface area (Å²) in [4.78, 5) is 17.0. The highest BCUT2D eigenvalue weighted by Gasteiger charge is 2.14. The van der Waals surface area contributed by atoms with Gasteiger partial charge in [-0.05, 0) is 37.6 Å². The van der Waals surface area contributed by atoms with E-state index in [0.717, 1.165) is 35.2 Å². The second-order valence-electron chi connectivity index (χ2n) is 5.52. The molecule has 0 aliphatic heterocycles. The van der Waals surface area contributed by atoms with E-state index in [1.807, 2.05) is 13.0 Å². The molecule has 0 aliphatic carbocycles. The number of amides is 1. The fraction of sp³-hybridized carbons (Fsp3) is 0.294. The van der Waals surface area contributed by atoms with E-state index in [0.29, 0.717) is 21.4 Å². The normalized spacial score (nSPS) is 11.0. The minimum atomic E-state index is -0.236. The van der Waals surface area contributed by atoms with Gasteiger partial charge in [0.15, 0.2) is 0 Å². The molecule has 1 aromatic carbocycles. The van der Waals surface area contributed by atoms with Crippen LogP contribution in [0.25, 0.3) is 10.9 Å². The van der Waals surface area contributed by atoms with E-state index in [9.17, 15) is 4.79 Å². The number of benzene rings is 1. The Labute approximate surface area is 149 Å². The number of hydrogen-bond acceptors (Lipinski definition) is 5. The Bertz CT molecular complexity index is 893. The van der Waals surface area contributed by atoms with Gasteiger partial charge in [-0.15, -0.1) is 10.2 Å². The molecule has 0 fully saturated rings. The summed E-state index contributed by atoms with van der Waals surface area (Å²) < 4.78 is 0. The van der Waals surface area contributed by atoms with Gasteiger partial charge in [0.25, 0.3) is 5.91 Å². The molecule has 2 aromatic heterocycles. The van der Waals surface area contributed by atoms with Crippen LogP contribution in [0.2, 0.25) is 5.02 Å². The molecule has 0 atom stereocenters. The topological polar surface area (TPSA) is 67.8 Å². The number of halogens is 1. The highest BCUT2D eigenvalue weighted by atomic mass is 35.5. The van der Waals surface area contributed by atoms with Crippen molar-refractivity contribution in [1.82, 2.24) is 15.2 Å². The number of rotatable bonds is 5. The van der Waals surface area contributed by atoms with Gasteiger partial charge in [-0.2, -0.15) is 0 Å². The highest BCUT2D eigenvalue weighted by molar-refractivity contribution is 7.15. The molecular weight excluding hydrogens is 344 g/mol. The van der Waals surface area contributed by atoms with Gasteiger partial charge in [-0.25, -0.2) is 0 Å². The van der Waals surface area contributed by atoms with E-state index in [4.69, 9.17) is 11.6 Å². The number of nitrogens with one attached hydrogen (secondary N) is 1. The van der Waals surface area contributed by atoms with Gasteiger partial charge in [0, 0.05) is 16.8 Å². The van der Waals surface area contributed by atoms with Crippen LogP contribution in [0.1, 0.15) is 40.8 Å². The van der Waals surface area contributed by atoms with E-state index in [1.165, 1.54) is 11.3 Å². The Kier molecular flexibility index (Phi) is 5.06. The summed E-state index contributed by atoms with van der Waals surface area (Å²) in [5.74, 6) is -0.236. The minimum Gasteiger partial charge on any atom is -0.296 e. The van der Waals surface area contributed by atoms with Gasteiger partial charge in [0.1, 0.15) is 5.01 Å². The molecule has 0 saturated heterocycles. The quantitative estimate of drug-likeness (QED) is 0.719. The summed E-state index contributed by atoms with van der Waals surface area (Å²) in [6.07, 6.45) is 3.06. The average Bonchev–Trinajstić information content (AvgIpc) is 3.00. The predicted octanol–water partition coefficient (Wildman–Crippen LogP) is 4.64. The molecule has 5 nitrogen and oxygen atoms in total. The summed E-state index contributed by atoms with van der Waals surface area (Å²) in [7, 11) is 0. The predicted molar refractivity (Wildman–Crippen MR) is 98.0 cm³/mol. The number of fused-ring (bicyclic) bond motifs is 1. The average molecular weight is 361 g/mol. The first-order chi connectivity index (χ1) is 11.6. The molecule has 0 radical (unpaired) electrons. The second kappa shape index (κ2) is 7.23. The number of hydrogen-bond donors (Lipinski definition) is 1. The monoisotopic (exact) mass is 360 g/mol. The lowest BCUT2D eigenvalue weighted by molar-refractivity contribution is 0.102. The van der Waals surface area contributed by atoms with Crippen LogP contribution in [0.15, 0.2) is 24.3 Å². The number of anilines is 1. The highest BCUT2D eigenvalue weighted by Crippen LogP contribution is 2.22. The van der Waals surface area contributed by atoms with Crippen LogP contribution in [-0.4, -0.2) is 21.1 Å². The summed E-state index contributed by atoms with van der Waals surface area (Å²) in [6.45, 7) is 3.95. The summed E-state index contributed by atoms with van der Waals surface area (Å²) >= 11 is 7.43. The van der Waals surface area contributed by atoms with E-state index in [1.54, 1.807) is 18.2 Å². The van der Waals surface area contributed by atoms with Crippen molar-refractivity contribution < 1.29 is 4.79 Å². The maximum Gasteiger partial charge on any atom is 0.259 e. The molecule has 1 amide bonds. The molecule has 7 heteroatoms. The largest absolute Gasteiger partial charge is 0.296 e. The number of nitrogens with zero attached hydrogens (tertiary/aromatic N) is 3. The Morgan fingerprint density at radius 3 is 2.92 bits per heavy atom. The van der Waals surface area contributed by atoms with Crippen LogP contribution in [-0.2, 0) is 6.42 Å². The van der Waals surface area contributed by atoms with Gasteiger partial charge in [-0.1, -0.05) is 36.3 Å². The van der Waals surface area contributed by atoms with E-state index in [-0.39, 0.29) is 5.91 Å². The Hall–Kier alpha value is -2.05. The number of aromatic nitrogens is 3. The lowest BCUT2D eigenvalue weighted by Crippen LogP contribution is -2.14. The maximum absolute atomic E-state index is 12.5. The fourth-order valence-electron chi connectivity index (χ4n) is 2.37. The SMILES string of the molecule is CCCCc1nnc(NC(=O)c2cc3cc(Cl)ccc3nc2C)s1. The van der Waals surface area contributed by atoms with Crippen LogP contribution < -0.4 is 5.32 Å². The van der Waals surface area contributed by atoms with Gasteiger partial charge in [-0.3, -0.25) is 15.1 Å². The first kappa shape index (κ1) is 16.8. The smallest absolute Gasteiger partial charge is 0.259 e. The molecule has 0 bridgehead atoms. The van der Waals surface area contributed by atoms with Gasteiger partial charge < -0.3 is 0 Å². The van der Waals surface area contributed by atoms with Crippen molar-refractivity contribution >= 4 is 44.9 Å². The minimum absolute atomic E-state index is 0.236. The van der Waals surface area contributed by atoms with Crippen molar-refractivity contribution in [2.45, 2.75) is 33.1 Å². The molecule has 3 rings (SSSR count). The van der Waals surface area contributed by atoms with Crippen molar-refractivity contribution in [2.24, 2.45) is 0 Å². The van der Waals surface area contributed by atoms with Crippen LogP contribution in [0.5, 0.6) is 0 Å². The maximum atomic E-state index is 12.5. The van der Waals surface area contributed by atoms with Crippen molar-refractivity contribution in [3.8, 4) is 0 Å². The van der Waals surface area contributed by atoms with Crippen LogP contribution in [0, 0.1) is 6.92 Å². The zero-order valence-corrected chi connectivity index (χ0v) is 15.0.